The first kappa shape index (κ1) is 13.5. The van der Waals surface area contributed by atoms with Crippen LogP contribution in [0.1, 0.15) is 18.4 Å². The van der Waals surface area contributed by atoms with Crippen molar-refractivity contribution in [2.45, 2.75) is 19.8 Å². The standard InChI is InChI=1S/C14H21ClN2O/c1-11-9-13(14(18-2)10-12(11)15)17-7-3-5-16-6-4-8-17/h9-10,16H,3-8H2,1-2H3. The van der Waals surface area contributed by atoms with Crippen molar-refractivity contribution in [3.8, 4) is 5.75 Å². The molecule has 0 aromatic heterocycles. The second kappa shape index (κ2) is 6.30. The fourth-order valence-electron chi connectivity index (χ4n) is 2.33. The lowest BCUT2D eigenvalue weighted by atomic mass is 10.1. The van der Waals surface area contributed by atoms with E-state index in [9.17, 15) is 0 Å². The molecule has 0 atom stereocenters. The highest BCUT2D eigenvalue weighted by Crippen LogP contribution is 2.34. The van der Waals surface area contributed by atoms with Crippen LogP contribution in [0.5, 0.6) is 5.75 Å². The summed E-state index contributed by atoms with van der Waals surface area (Å²) in [7, 11) is 1.70. The fourth-order valence-corrected chi connectivity index (χ4v) is 2.48. The van der Waals surface area contributed by atoms with E-state index in [1.165, 1.54) is 5.69 Å². The average molecular weight is 269 g/mol. The number of halogens is 1. The summed E-state index contributed by atoms with van der Waals surface area (Å²) in [5.41, 5.74) is 2.27. The van der Waals surface area contributed by atoms with Gasteiger partial charge in [0, 0.05) is 24.2 Å². The number of hydrogen-bond donors (Lipinski definition) is 1. The number of hydrogen-bond acceptors (Lipinski definition) is 3. The maximum atomic E-state index is 6.15. The first-order valence-corrected chi connectivity index (χ1v) is 6.90. The van der Waals surface area contributed by atoms with Crippen molar-refractivity contribution in [2.75, 3.05) is 38.2 Å². The second-order valence-electron chi connectivity index (χ2n) is 4.72. The molecule has 1 aliphatic rings. The van der Waals surface area contributed by atoms with Crippen LogP contribution in [0, 0.1) is 6.92 Å². The van der Waals surface area contributed by atoms with E-state index >= 15 is 0 Å². The monoisotopic (exact) mass is 268 g/mol. The van der Waals surface area contributed by atoms with Gasteiger partial charge in [-0.1, -0.05) is 11.6 Å². The molecule has 1 heterocycles. The molecule has 0 amide bonds. The van der Waals surface area contributed by atoms with Crippen LogP contribution >= 0.6 is 11.6 Å². The topological polar surface area (TPSA) is 24.5 Å². The van der Waals surface area contributed by atoms with Crippen LogP contribution in [0.3, 0.4) is 0 Å². The van der Waals surface area contributed by atoms with E-state index in [1.54, 1.807) is 7.11 Å². The molecule has 100 valence electrons. The van der Waals surface area contributed by atoms with E-state index in [4.69, 9.17) is 16.3 Å². The molecule has 1 fully saturated rings. The summed E-state index contributed by atoms with van der Waals surface area (Å²) in [5, 5.41) is 4.20. The van der Waals surface area contributed by atoms with Crippen LogP contribution in [0.25, 0.3) is 0 Å². The predicted octanol–water partition coefficient (Wildman–Crippen LogP) is 2.85. The minimum absolute atomic E-state index is 0.768. The van der Waals surface area contributed by atoms with Crippen molar-refractivity contribution < 1.29 is 4.74 Å². The van der Waals surface area contributed by atoms with Gasteiger partial charge in [0.05, 0.1) is 12.8 Å². The van der Waals surface area contributed by atoms with E-state index in [2.05, 4.69) is 16.3 Å². The SMILES string of the molecule is COc1cc(Cl)c(C)cc1N1CCCNCCC1. The number of methoxy groups -OCH3 is 1. The van der Waals surface area contributed by atoms with E-state index < -0.39 is 0 Å². The second-order valence-corrected chi connectivity index (χ2v) is 5.12. The number of nitrogens with zero attached hydrogens (tertiary/aromatic N) is 1. The van der Waals surface area contributed by atoms with Crippen LogP contribution in [-0.2, 0) is 0 Å². The summed E-state index contributed by atoms with van der Waals surface area (Å²) in [6.45, 7) is 6.34. The van der Waals surface area contributed by atoms with Crippen LogP contribution in [0.2, 0.25) is 5.02 Å². The van der Waals surface area contributed by atoms with E-state index in [0.717, 1.165) is 55.4 Å². The highest BCUT2D eigenvalue weighted by atomic mass is 35.5. The molecule has 0 saturated carbocycles. The minimum atomic E-state index is 0.768. The highest BCUT2D eigenvalue weighted by molar-refractivity contribution is 6.31. The van der Waals surface area contributed by atoms with E-state index in [-0.39, 0.29) is 0 Å². The van der Waals surface area contributed by atoms with Gasteiger partial charge in [-0.15, -0.1) is 0 Å². The van der Waals surface area contributed by atoms with Crippen molar-refractivity contribution in [3.05, 3.63) is 22.7 Å². The van der Waals surface area contributed by atoms with E-state index in [0.29, 0.717) is 0 Å². The molecule has 0 radical (unpaired) electrons. The molecule has 1 aliphatic heterocycles. The Labute approximate surface area is 114 Å². The first-order chi connectivity index (χ1) is 8.72. The van der Waals surface area contributed by atoms with Gasteiger partial charge in [-0.25, -0.2) is 0 Å². The Morgan fingerprint density at radius 2 is 1.89 bits per heavy atom. The van der Waals surface area contributed by atoms with Crippen LogP contribution in [0.15, 0.2) is 12.1 Å². The Bertz CT molecular complexity index is 401. The van der Waals surface area contributed by atoms with Gasteiger partial charge in [0.2, 0.25) is 0 Å². The fraction of sp³-hybridized carbons (Fsp3) is 0.571. The molecule has 3 nitrogen and oxygen atoms in total. The normalized spacial score (nSPS) is 17.2. The third kappa shape index (κ3) is 3.09. The summed E-state index contributed by atoms with van der Waals surface area (Å²) >= 11 is 6.15. The Balaban J connectivity index is 2.26. The number of nitrogens with one attached hydrogen (secondary N) is 1. The summed E-state index contributed by atoms with van der Waals surface area (Å²) in [4.78, 5) is 2.41. The van der Waals surface area contributed by atoms with Gasteiger partial charge < -0.3 is 15.0 Å². The van der Waals surface area contributed by atoms with Crippen LogP contribution < -0.4 is 15.0 Å². The maximum Gasteiger partial charge on any atom is 0.143 e. The zero-order valence-corrected chi connectivity index (χ0v) is 11.9. The Morgan fingerprint density at radius 1 is 1.22 bits per heavy atom. The highest BCUT2D eigenvalue weighted by Gasteiger charge is 2.15. The summed E-state index contributed by atoms with van der Waals surface area (Å²) in [6, 6.07) is 4.05. The lowest BCUT2D eigenvalue weighted by molar-refractivity contribution is 0.413. The van der Waals surface area contributed by atoms with Gasteiger partial charge in [-0.3, -0.25) is 0 Å². The van der Waals surface area contributed by atoms with Gasteiger partial charge in [-0.05, 0) is 44.5 Å². The summed E-state index contributed by atoms with van der Waals surface area (Å²) in [6.07, 6.45) is 2.32. The molecule has 0 unspecified atom stereocenters. The molecule has 1 N–H and O–H groups in total. The van der Waals surface area contributed by atoms with Gasteiger partial charge in [0.15, 0.2) is 0 Å². The maximum absolute atomic E-state index is 6.15. The van der Waals surface area contributed by atoms with Gasteiger partial charge in [0.1, 0.15) is 5.75 Å². The number of aryl methyl sites for hydroxylation is 1. The van der Waals surface area contributed by atoms with Crippen LogP contribution in [-0.4, -0.2) is 33.3 Å². The van der Waals surface area contributed by atoms with Gasteiger partial charge in [0.25, 0.3) is 0 Å². The molecule has 18 heavy (non-hydrogen) atoms. The quantitative estimate of drug-likeness (QED) is 0.893. The predicted molar refractivity (Wildman–Crippen MR) is 77.1 cm³/mol. The number of anilines is 1. The Kier molecular flexibility index (Phi) is 4.72. The zero-order valence-electron chi connectivity index (χ0n) is 11.1. The molecular weight excluding hydrogens is 248 g/mol. The van der Waals surface area contributed by atoms with Crippen molar-refractivity contribution in [2.24, 2.45) is 0 Å². The zero-order chi connectivity index (χ0) is 13.0. The van der Waals surface area contributed by atoms with Crippen LogP contribution in [0.4, 0.5) is 5.69 Å². The Hall–Kier alpha value is -0.930. The molecular formula is C14H21ClN2O. The van der Waals surface area contributed by atoms with Crippen molar-refractivity contribution in [3.63, 3.8) is 0 Å². The van der Waals surface area contributed by atoms with Crippen molar-refractivity contribution >= 4 is 17.3 Å². The third-order valence-corrected chi connectivity index (χ3v) is 3.77. The number of benzene rings is 1. The molecule has 1 aromatic rings. The Morgan fingerprint density at radius 3 is 2.50 bits per heavy atom. The molecule has 0 bridgehead atoms. The lowest BCUT2D eigenvalue weighted by Crippen LogP contribution is -2.34. The number of ether oxygens (including phenoxy) is 1. The number of rotatable bonds is 2. The summed E-state index contributed by atoms with van der Waals surface area (Å²) < 4.78 is 5.46. The first-order valence-electron chi connectivity index (χ1n) is 6.52. The van der Waals surface area contributed by atoms with Crippen molar-refractivity contribution in [1.29, 1.82) is 0 Å². The third-order valence-electron chi connectivity index (χ3n) is 3.36. The molecule has 0 aliphatic carbocycles. The van der Waals surface area contributed by atoms with Gasteiger partial charge in [-0.2, -0.15) is 0 Å². The molecule has 1 aromatic carbocycles. The van der Waals surface area contributed by atoms with Gasteiger partial charge >= 0.3 is 0 Å². The average Bonchev–Trinajstić information content (AvgIpc) is 2.32. The smallest absolute Gasteiger partial charge is 0.143 e. The molecule has 1 saturated heterocycles. The molecule has 4 heteroatoms. The molecule has 0 spiro atoms. The van der Waals surface area contributed by atoms with Crippen molar-refractivity contribution in [1.82, 2.24) is 5.32 Å². The molecule has 2 rings (SSSR count). The largest absolute Gasteiger partial charge is 0.495 e. The summed E-state index contributed by atoms with van der Waals surface area (Å²) in [5.74, 6) is 0.874. The van der Waals surface area contributed by atoms with E-state index in [1.807, 2.05) is 13.0 Å². The minimum Gasteiger partial charge on any atom is -0.495 e. The lowest BCUT2D eigenvalue weighted by Gasteiger charge is -2.29.